The van der Waals surface area contributed by atoms with E-state index in [4.69, 9.17) is 14.2 Å². The lowest BCUT2D eigenvalue weighted by molar-refractivity contribution is -0.273. The predicted molar refractivity (Wildman–Crippen MR) is 128 cm³/mol. The van der Waals surface area contributed by atoms with Crippen LogP contribution in [0.15, 0.2) is 23.3 Å². The van der Waals surface area contributed by atoms with E-state index in [0.717, 1.165) is 0 Å². The Morgan fingerprint density at radius 2 is 1.69 bits per heavy atom. The van der Waals surface area contributed by atoms with Crippen molar-refractivity contribution >= 4 is 23.7 Å². The number of aliphatic hydroxyl groups is 2. The second kappa shape index (κ2) is 9.41. The van der Waals surface area contributed by atoms with Crippen molar-refractivity contribution in [1.29, 1.82) is 0 Å². The smallest absolute Gasteiger partial charge is 0.303 e. The van der Waals surface area contributed by atoms with Crippen molar-refractivity contribution in [2.24, 2.45) is 29.6 Å². The molecule has 0 bridgehead atoms. The Morgan fingerprint density at radius 1 is 1.08 bits per heavy atom. The van der Waals surface area contributed by atoms with Crippen LogP contribution in [0.4, 0.5) is 0 Å². The minimum Gasteiger partial charge on any atom is -0.461 e. The quantitative estimate of drug-likeness (QED) is 0.327. The van der Waals surface area contributed by atoms with Gasteiger partial charge in [-0.1, -0.05) is 32.9 Å². The molecule has 1 unspecified atom stereocenters. The first-order valence-corrected chi connectivity index (χ1v) is 12.4. The van der Waals surface area contributed by atoms with Gasteiger partial charge in [-0.2, -0.15) is 0 Å². The summed E-state index contributed by atoms with van der Waals surface area (Å²) in [4.78, 5) is 49.4. The molecule has 9 nitrogen and oxygen atoms in total. The highest BCUT2D eigenvalue weighted by Gasteiger charge is 2.71. The van der Waals surface area contributed by atoms with Crippen molar-refractivity contribution in [2.45, 2.75) is 84.7 Å². The molecule has 0 saturated heterocycles. The average molecular weight is 507 g/mol. The largest absolute Gasteiger partial charge is 0.461 e. The summed E-state index contributed by atoms with van der Waals surface area (Å²) in [7, 11) is 0. The lowest BCUT2D eigenvalue weighted by Gasteiger charge is -2.61. The maximum Gasteiger partial charge on any atom is 0.303 e. The van der Waals surface area contributed by atoms with Crippen molar-refractivity contribution in [2.75, 3.05) is 6.61 Å². The number of esters is 3. The van der Waals surface area contributed by atoms with Gasteiger partial charge in [0.25, 0.3) is 0 Å². The fourth-order valence-electron chi connectivity index (χ4n) is 7.12. The van der Waals surface area contributed by atoms with Gasteiger partial charge in [-0.05, 0) is 30.9 Å². The Morgan fingerprint density at radius 3 is 2.19 bits per heavy atom. The molecule has 1 fully saturated rings. The molecule has 2 N–H and O–H groups in total. The van der Waals surface area contributed by atoms with E-state index in [1.807, 2.05) is 13.8 Å². The molecule has 0 aromatic heterocycles. The number of ether oxygens (including phenoxy) is 3. The van der Waals surface area contributed by atoms with Gasteiger partial charge in [-0.25, -0.2) is 0 Å². The van der Waals surface area contributed by atoms with Crippen LogP contribution in [-0.4, -0.2) is 63.4 Å². The fourth-order valence-corrected chi connectivity index (χ4v) is 7.12. The molecule has 0 aliphatic heterocycles. The Hall–Kier alpha value is -2.52. The zero-order valence-corrected chi connectivity index (χ0v) is 22.3. The van der Waals surface area contributed by atoms with Gasteiger partial charge in [0.1, 0.15) is 18.3 Å². The fraction of sp³-hybridized carbons (Fsp3) is 0.704. The Bertz CT molecular complexity index is 1030. The van der Waals surface area contributed by atoms with Crippen LogP contribution >= 0.6 is 0 Å². The van der Waals surface area contributed by atoms with Gasteiger partial charge in [-0.15, -0.1) is 0 Å². The van der Waals surface area contributed by atoms with Crippen LogP contribution in [0, 0.1) is 29.6 Å². The van der Waals surface area contributed by atoms with Gasteiger partial charge in [0.15, 0.2) is 11.4 Å². The number of rotatable bonds is 5. The molecule has 3 aliphatic carbocycles. The number of hydrogen-bond donors (Lipinski definition) is 2. The second-order valence-corrected chi connectivity index (χ2v) is 11.1. The highest BCUT2D eigenvalue weighted by Crippen LogP contribution is 2.60. The van der Waals surface area contributed by atoms with E-state index in [0.29, 0.717) is 11.1 Å². The minimum absolute atomic E-state index is 0.142. The summed E-state index contributed by atoms with van der Waals surface area (Å²) >= 11 is 0. The summed E-state index contributed by atoms with van der Waals surface area (Å²) in [6.45, 7) is 12.4. The van der Waals surface area contributed by atoms with Crippen LogP contribution in [0.1, 0.15) is 61.8 Å². The van der Waals surface area contributed by atoms with Crippen molar-refractivity contribution in [3.8, 4) is 0 Å². The summed E-state index contributed by atoms with van der Waals surface area (Å²) < 4.78 is 16.9. The summed E-state index contributed by atoms with van der Waals surface area (Å²) in [6, 6.07) is 0. The number of Topliss-reactive ketones (excluding diaryl/α,β-unsaturated/α-hetero) is 1. The van der Waals surface area contributed by atoms with Gasteiger partial charge >= 0.3 is 17.9 Å². The molecule has 0 spiro atoms. The molecule has 3 rings (SSSR count). The van der Waals surface area contributed by atoms with Crippen LogP contribution in [0.25, 0.3) is 0 Å². The maximum atomic E-state index is 13.2. The molecule has 3 aliphatic rings. The molecular formula is C27H38O9. The van der Waals surface area contributed by atoms with E-state index >= 15 is 0 Å². The van der Waals surface area contributed by atoms with E-state index in [9.17, 15) is 29.4 Å². The van der Waals surface area contributed by atoms with E-state index < -0.39 is 70.3 Å². The minimum atomic E-state index is -1.98. The molecule has 0 aromatic carbocycles. The standard InChI is InChI=1S/C27H38O9/c1-13(2)22-20-10-19(12-34-16(5)28)11-26(32)21(9-14(3)23(26)31)27(20,33)15(4)24(35-17(6)29)25(22,8)36-18(7)30/h9-10,13,15,20-22,24,32-33H,11-12H2,1-8H3/t15-,20+,21?,22+,24-,25-,26-,27-/m1/s1. The molecule has 36 heavy (non-hydrogen) atoms. The number of hydrogen-bond acceptors (Lipinski definition) is 9. The Labute approximate surface area is 211 Å². The van der Waals surface area contributed by atoms with Crippen LogP contribution in [-0.2, 0) is 33.4 Å². The molecule has 0 amide bonds. The molecule has 200 valence electrons. The summed E-state index contributed by atoms with van der Waals surface area (Å²) in [6.07, 6.45) is 2.13. The number of carbonyl (C=O) groups is 4. The van der Waals surface area contributed by atoms with Crippen molar-refractivity contribution < 1.29 is 43.6 Å². The second-order valence-electron chi connectivity index (χ2n) is 11.1. The maximum absolute atomic E-state index is 13.2. The summed E-state index contributed by atoms with van der Waals surface area (Å²) in [5, 5.41) is 24.5. The SMILES string of the molecule is CC(=O)OCC1=C[C@H]2[C@H](C(C)C)[C@@](C)(OC(C)=O)[C@H](OC(C)=O)[C@@H](C)[C@]2(O)C2C=C(C)C(=O)[C@@]2(O)C1. The lowest BCUT2D eigenvalue weighted by Crippen LogP contribution is -2.72. The topological polar surface area (TPSA) is 136 Å². The zero-order chi connectivity index (χ0) is 27.4. The first kappa shape index (κ1) is 28.1. The van der Waals surface area contributed by atoms with E-state index in [-0.39, 0.29) is 18.9 Å². The van der Waals surface area contributed by atoms with Crippen molar-refractivity contribution in [1.82, 2.24) is 0 Å². The van der Waals surface area contributed by atoms with E-state index in [1.165, 1.54) is 20.8 Å². The molecule has 0 radical (unpaired) electrons. The average Bonchev–Trinajstić information content (AvgIpc) is 2.90. The van der Waals surface area contributed by atoms with Crippen LogP contribution < -0.4 is 0 Å². The third kappa shape index (κ3) is 4.30. The predicted octanol–water partition coefficient (Wildman–Crippen LogP) is 2.28. The van der Waals surface area contributed by atoms with Gasteiger partial charge in [-0.3, -0.25) is 19.2 Å². The zero-order valence-electron chi connectivity index (χ0n) is 22.3. The third-order valence-electron chi connectivity index (χ3n) is 8.26. The Balaban J connectivity index is 2.34. The molecule has 9 heteroatoms. The molecule has 8 atom stereocenters. The first-order chi connectivity index (χ1) is 16.5. The number of fused-ring (bicyclic) bond motifs is 3. The highest BCUT2D eigenvalue weighted by atomic mass is 16.6. The van der Waals surface area contributed by atoms with Gasteiger partial charge in [0.2, 0.25) is 0 Å². The monoisotopic (exact) mass is 506 g/mol. The molecule has 0 aromatic rings. The molecule has 1 saturated carbocycles. The number of ketones is 1. The van der Waals surface area contributed by atoms with Crippen LogP contribution in [0.2, 0.25) is 0 Å². The molecule has 0 heterocycles. The summed E-state index contributed by atoms with van der Waals surface area (Å²) in [5.41, 5.74) is -4.30. The van der Waals surface area contributed by atoms with Gasteiger partial charge in [0, 0.05) is 50.9 Å². The highest BCUT2D eigenvalue weighted by molar-refractivity contribution is 6.04. The van der Waals surface area contributed by atoms with Gasteiger partial charge < -0.3 is 24.4 Å². The summed E-state index contributed by atoms with van der Waals surface area (Å²) in [5.74, 6) is -5.65. The van der Waals surface area contributed by atoms with E-state index in [1.54, 1.807) is 32.9 Å². The van der Waals surface area contributed by atoms with Crippen LogP contribution in [0.3, 0.4) is 0 Å². The normalized spacial score (nSPS) is 39.9. The van der Waals surface area contributed by atoms with Crippen molar-refractivity contribution in [3.05, 3.63) is 23.3 Å². The molecular weight excluding hydrogens is 468 g/mol. The van der Waals surface area contributed by atoms with Crippen molar-refractivity contribution in [3.63, 3.8) is 0 Å². The lowest BCUT2D eigenvalue weighted by atomic mass is 9.50. The van der Waals surface area contributed by atoms with Crippen LogP contribution in [0.5, 0.6) is 0 Å². The third-order valence-corrected chi connectivity index (χ3v) is 8.26. The first-order valence-electron chi connectivity index (χ1n) is 12.4. The van der Waals surface area contributed by atoms with E-state index in [2.05, 4.69) is 0 Å². The number of carbonyl (C=O) groups excluding carboxylic acids is 4. The Kier molecular flexibility index (Phi) is 7.34. The van der Waals surface area contributed by atoms with Gasteiger partial charge in [0.05, 0.1) is 5.60 Å².